The molecule has 0 saturated carbocycles. The lowest BCUT2D eigenvalue weighted by atomic mass is 10.2. The van der Waals surface area contributed by atoms with Crippen molar-refractivity contribution in [3.8, 4) is 0 Å². The molecular formula is C12H12N2. The Kier molecular flexibility index (Phi) is 2.45. The number of nitrogens with zero attached hydrogens (tertiary/aromatic N) is 1. The second kappa shape index (κ2) is 3.92. The SMILES string of the molecule is C=CCNc1ccc2cccnc2c1. The van der Waals surface area contributed by atoms with Crippen LogP contribution in [0.15, 0.2) is 49.2 Å². The van der Waals surface area contributed by atoms with E-state index in [9.17, 15) is 0 Å². The van der Waals surface area contributed by atoms with E-state index in [1.54, 1.807) is 6.20 Å². The highest BCUT2D eigenvalue weighted by Crippen LogP contribution is 2.16. The van der Waals surface area contributed by atoms with Crippen LogP contribution in [-0.4, -0.2) is 11.5 Å². The van der Waals surface area contributed by atoms with Gasteiger partial charge in [-0.3, -0.25) is 4.98 Å². The molecule has 0 aliphatic heterocycles. The minimum atomic E-state index is 0.776. The Bertz CT molecular complexity index is 449. The molecule has 0 bridgehead atoms. The average Bonchev–Trinajstić information content (AvgIpc) is 2.26. The summed E-state index contributed by atoms with van der Waals surface area (Å²) in [4.78, 5) is 4.28. The van der Waals surface area contributed by atoms with Gasteiger partial charge in [0.05, 0.1) is 5.52 Å². The number of hydrogen-bond donors (Lipinski definition) is 1. The third kappa shape index (κ3) is 1.74. The van der Waals surface area contributed by atoms with Crippen molar-refractivity contribution >= 4 is 16.6 Å². The molecule has 2 rings (SSSR count). The highest BCUT2D eigenvalue weighted by Gasteiger charge is 1.94. The molecule has 1 aromatic carbocycles. The van der Waals surface area contributed by atoms with Gasteiger partial charge in [-0.05, 0) is 18.2 Å². The summed E-state index contributed by atoms with van der Waals surface area (Å²) in [6.45, 7) is 4.44. The fourth-order valence-electron chi connectivity index (χ4n) is 1.37. The number of fused-ring (bicyclic) bond motifs is 1. The molecule has 0 aliphatic carbocycles. The molecule has 0 amide bonds. The molecule has 0 spiro atoms. The van der Waals surface area contributed by atoms with Crippen LogP contribution in [0.1, 0.15) is 0 Å². The van der Waals surface area contributed by atoms with E-state index in [0.29, 0.717) is 0 Å². The summed E-state index contributed by atoms with van der Waals surface area (Å²) < 4.78 is 0. The number of anilines is 1. The van der Waals surface area contributed by atoms with Crippen LogP contribution in [0.2, 0.25) is 0 Å². The molecule has 0 saturated heterocycles. The molecule has 0 radical (unpaired) electrons. The zero-order chi connectivity index (χ0) is 9.80. The molecule has 0 fully saturated rings. The van der Waals surface area contributed by atoms with Crippen molar-refractivity contribution in [3.05, 3.63) is 49.2 Å². The lowest BCUT2D eigenvalue weighted by molar-refractivity contribution is 1.34. The van der Waals surface area contributed by atoms with Gasteiger partial charge >= 0.3 is 0 Å². The summed E-state index contributed by atoms with van der Waals surface area (Å²) in [7, 11) is 0. The molecule has 0 aliphatic rings. The summed E-state index contributed by atoms with van der Waals surface area (Å²) in [6, 6.07) is 10.2. The van der Waals surface area contributed by atoms with Crippen LogP contribution in [-0.2, 0) is 0 Å². The quantitative estimate of drug-likeness (QED) is 0.742. The van der Waals surface area contributed by atoms with Gasteiger partial charge in [0, 0.05) is 23.8 Å². The number of aromatic nitrogens is 1. The van der Waals surface area contributed by atoms with Crippen molar-refractivity contribution in [1.82, 2.24) is 4.98 Å². The summed E-state index contributed by atoms with van der Waals surface area (Å²) >= 11 is 0. The lowest BCUT2D eigenvalue weighted by Crippen LogP contribution is -1.97. The summed E-state index contributed by atoms with van der Waals surface area (Å²) in [5, 5.41) is 4.39. The number of hydrogen-bond acceptors (Lipinski definition) is 2. The zero-order valence-electron chi connectivity index (χ0n) is 7.90. The minimum Gasteiger partial charge on any atom is -0.382 e. The molecule has 1 N–H and O–H groups in total. The third-order valence-corrected chi connectivity index (χ3v) is 2.06. The predicted octanol–water partition coefficient (Wildman–Crippen LogP) is 2.83. The number of nitrogens with one attached hydrogen (secondary N) is 1. The fraction of sp³-hybridized carbons (Fsp3) is 0.0833. The van der Waals surface area contributed by atoms with E-state index < -0.39 is 0 Å². The minimum absolute atomic E-state index is 0.776. The number of benzene rings is 1. The zero-order valence-corrected chi connectivity index (χ0v) is 7.90. The van der Waals surface area contributed by atoms with Gasteiger partial charge < -0.3 is 5.32 Å². The van der Waals surface area contributed by atoms with Gasteiger partial charge in [-0.15, -0.1) is 6.58 Å². The van der Waals surface area contributed by atoms with Gasteiger partial charge in [-0.2, -0.15) is 0 Å². The van der Waals surface area contributed by atoms with Gasteiger partial charge in [-0.1, -0.05) is 18.2 Å². The van der Waals surface area contributed by atoms with Crippen molar-refractivity contribution in [2.75, 3.05) is 11.9 Å². The first-order valence-corrected chi connectivity index (χ1v) is 4.60. The van der Waals surface area contributed by atoms with Crippen LogP contribution in [0.3, 0.4) is 0 Å². The number of pyridine rings is 1. The fourth-order valence-corrected chi connectivity index (χ4v) is 1.37. The molecule has 1 heterocycles. The van der Waals surface area contributed by atoms with Crippen LogP contribution in [0.5, 0.6) is 0 Å². The first-order valence-electron chi connectivity index (χ1n) is 4.60. The Hall–Kier alpha value is -1.83. The van der Waals surface area contributed by atoms with E-state index in [4.69, 9.17) is 0 Å². The Morgan fingerprint density at radius 3 is 3.14 bits per heavy atom. The standard InChI is InChI=1S/C12H12N2/c1-2-7-13-11-6-5-10-4-3-8-14-12(10)9-11/h2-6,8-9,13H,1,7H2. The van der Waals surface area contributed by atoms with Crippen LogP contribution < -0.4 is 5.32 Å². The van der Waals surface area contributed by atoms with E-state index in [-0.39, 0.29) is 0 Å². The summed E-state index contributed by atoms with van der Waals surface area (Å²) in [5.74, 6) is 0. The number of rotatable bonds is 3. The van der Waals surface area contributed by atoms with Crippen LogP contribution in [0.25, 0.3) is 10.9 Å². The smallest absolute Gasteiger partial charge is 0.0722 e. The maximum Gasteiger partial charge on any atom is 0.0722 e. The van der Waals surface area contributed by atoms with Gasteiger partial charge in [0.1, 0.15) is 0 Å². The monoisotopic (exact) mass is 184 g/mol. The van der Waals surface area contributed by atoms with E-state index in [1.807, 2.05) is 24.3 Å². The van der Waals surface area contributed by atoms with Gasteiger partial charge in [-0.25, -0.2) is 0 Å². The second-order valence-corrected chi connectivity index (χ2v) is 3.08. The Morgan fingerprint density at radius 1 is 1.36 bits per heavy atom. The van der Waals surface area contributed by atoms with E-state index >= 15 is 0 Å². The Balaban J connectivity index is 2.36. The van der Waals surface area contributed by atoms with Gasteiger partial charge in [0.25, 0.3) is 0 Å². The largest absolute Gasteiger partial charge is 0.382 e. The molecule has 0 atom stereocenters. The average molecular weight is 184 g/mol. The highest BCUT2D eigenvalue weighted by atomic mass is 14.9. The second-order valence-electron chi connectivity index (χ2n) is 3.08. The maximum absolute atomic E-state index is 4.28. The van der Waals surface area contributed by atoms with Crippen molar-refractivity contribution < 1.29 is 0 Å². The van der Waals surface area contributed by atoms with Crippen LogP contribution >= 0.6 is 0 Å². The Morgan fingerprint density at radius 2 is 2.29 bits per heavy atom. The highest BCUT2D eigenvalue weighted by molar-refractivity contribution is 5.81. The molecule has 2 aromatic rings. The van der Waals surface area contributed by atoms with Gasteiger partial charge in [0.15, 0.2) is 0 Å². The van der Waals surface area contributed by atoms with Crippen molar-refractivity contribution in [2.24, 2.45) is 0 Å². The third-order valence-electron chi connectivity index (χ3n) is 2.06. The lowest BCUT2D eigenvalue weighted by Gasteiger charge is -2.03. The van der Waals surface area contributed by atoms with Crippen LogP contribution in [0, 0.1) is 0 Å². The van der Waals surface area contributed by atoms with Crippen molar-refractivity contribution in [1.29, 1.82) is 0 Å². The topological polar surface area (TPSA) is 24.9 Å². The predicted molar refractivity (Wildman–Crippen MR) is 60.4 cm³/mol. The molecule has 14 heavy (non-hydrogen) atoms. The van der Waals surface area contributed by atoms with Crippen molar-refractivity contribution in [3.63, 3.8) is 0 Å². The molecular weight excluding hydrogens is 172 g/mol. The molecule has 70 valence electrons. The molecule has 2 heteroatoms. The van der Waals surface area contributed by atoms with E-state index in [2.05, 4.69) is 29.0 Å². The van der Waals surface area contributed by atoms with E-state index in [1.165, 1.54) is 0 Å². The normalized spacial score (nSPS) is 10.0. The Labute approximate surface area is 83.3 Å². The summed E-state index contributed by atoms with van der Waals surface area (Å²) in [6.07, 6.45) is 3.64. The van der Waals surface area contributed by atoms with E-state index in [0.717, 1.165) is 23.1 Å². The maximum atomic E-state index is 4.28. The van der Waals surface area contributed by atoms with Crippen LogP contribution in [0.4, 0.5) is 5.69 Å². The summed E-state index contributed by atoms with van der Waals surface area (Å²) in [5.41, 5.74) is 2.10. The van der Waals surface area contributed by atoms with Gasteiger partial charge in [0.2, 0.25) is 0 Å². The first-order chi connectivity index (χ1) is 6.90. The van der Waals surface area contributed by atoms with Crippen molar-refractivity contribution in [2.45, 2.75) is 0 Å². The first kappa shape index (κ1) is 8.75. The molecule has 0 unspecified atom stereocenters. The molecule has 2 nitrogen and oxygen atoms in total. The molecule has 1 aromatic heterocycles.